The molecule has 0 aliphatic carbocycles. The molecule has 0 radical (unpaired) electrons. The predicted molar refractivity (Wildman–Crippen MR) is 65.7 cm³/mol. The van der Waals surface area contributed by atoms with Gasteiger partial charge in [0.25, 0.3) is 5.91 Å². The molecule has 17 heavy (non-hydrogen) atoms. The van der Waals surface area contributed by atoms with Crippen molar-refractivity contribution in [3.63, 3.8) is 0 Å². The second-order valence-electron chi connectivity index (χ2n) is 3.99. The van der Waals surface area contributed by atoms with E-state index in [9.17, 15) is 4.79 Å². The number of carbonyl (C=O) groups is 1. The van der Waals surface area contributed by atoms with Gasteiger partial charge in [-0.05, 0) is 37.6 Å². The van der Waals surface area contributed by atoms with E-state index in [2.05, 4.69) is 15.3 Å². The van der Waals surface area contributed by atoms with Gasteiger partial charge in [-0.15, -0.1) is 0 Å². The van der Waals surface area contributed by atoms with Crippen molar-refractivity contribution in [2.24, 2.45) is 0 Å². The Kier molecular flexibility index (Phi) is 3.23. The molecular formula is C13H15N3O. The zero-order chi connectivity index (χ0) is 12.3. The number of amides is 1. The van der Waals surface area contributed by atoms with Crippen molar-refractivity contribution < 1.29 is 4.79 Å². The van der Waals surface area contributed by atoms with E-state index in [1.807, 2.05) is 44.4 Å². The Morgan fingerprint density at radius 1 is 1.35 bits per heavy atom. The molecule has 0 aliphatic heterocycles. The van der Waals surface area contributed by atoms with Gasteiger partial charge in [0.1, 0.15) is 0 Å². The van der Waals surface area contributed by atoms with E-state index in [-0.39, 0.29) is 5.91 Å². The molecule has 2 rings (SSSR count). The number of aryl methyl sites for hydroxylation is 2. The number of hydrogen-bond donors (Lipinski definition) is 2. The normalized spacial score (nSPS) is 10.2. The summed E-state index contributed by atoms with van der Waals surface area (Å²) in [5.41, 5.74) is 3.36. The van der Waals surface area contributed by atoms with Crippen LogP contribution < -0.4 is 5.32 Å². The van der Waals surface area contributed by atoms with E-state index in [4.69, 9.17) is 0 Å². The van der Waals surface area contributed by atoms with Crippen molar-refractivity contribution >= 4 is 5.91 Å². The zero-order valence-corrected chi connectivity index (χ0v) is 9.95. The molecule has 0 bridgehead atoms. The molecular weight excluding hydrogens is 214 g/mol. The molecule has 88 valence electrons. The second kappa shape index (κ2) is 4.82. The molecule has 2 aromatic rings. The Morgan fingerprint density at radius 2 is 2.18 bits per heavy atom. The van der Waals surface area contributed by atoms with Crippen LogP contribution in [-0.4, -0.2) is 15.9 Å². The van der Waals surface area contributed by atoms with Crippen LogP contribution in [0.15, 0.2) is 30.6 Å². The maximum absolute atomic E-state index is 11.9. The van der Waals surface area contributed by atoms with Gasteiger partial charge in [0.05, 0.1) is 11.3 Å². The van der Waals surface area contributed by atoms with E-state index < -0.39 is 0 Å². The van der Waals surface area contributed by atoms with Crippen LogP contribution in [0.25, 0.3) is 0 Å². The lowest BCUT2D eigenvalue weighted by molar-refractivity contribution is 0.0950. The average Bonchev–Trinajstić information content (AvgIpc) is 2.78. The fourth-order valence-electron chi connectivity index (χ4n) is 1.67. The summed E-state index contributed by atoms with van der Waals surface area (Å²) in [4.78, 5) is 19.1. The quantitative estimate of drug-likeness (QED) is 0.845. The number of carbonyl (C=O) groups excluding carboxylic acids is 1. The van der Waals surface area contributed by atoms with Gasteiger partial charge in [0.15, 0.2) is 0 Å². The molecule has 0 aliphatic rings. The number of hydrogen-bond acceptors (Lipinski definition) is 2. The summed E-state index contributed by atoms with van der Waals surface area (Å²) in [5.74, 6) is -0.0869. The number of H-pyrrole nitrogens is 1. The number of nitrogens with zero attached hydrogens (tertiary/aromatic N) is 1. The van der Waals surface area contributed by atoms with Crippen LogP contribution in [0, 0.1) is 13.8 Å². The van der Waals surface area contributed by atoms with E-state index in [0.29, 0.717) is 12.1 Å². The maximum Gasteiger partial charge on any atom is 0.253 e. The van der Waals surface area contributed by atoms with Crippen LogP contribution in [0.1, 0.15) is 27.3 Å². The molecule has 0 unspecified atom stereocenters. The molecule has 0 spiro atoms. The molecule has 0 aromatic carbocycles. The number of rotatable bonds is 3. The zero-order valence-electron chi connectivity index (χ0n) is 9.95. The Morgan fingerprint density at radius 3 is 2.82 bits per heavy atom. The Hall–Kier alpha value is -2.10. The molecule has 0 fully saturated rings. The summed E-state index contributed by atoms with van der Waals surface area (Å²) >= 11 is 0. The highest BCUT2D eigenvalue weighted by molar-refractivity contribution is 5.95. The predicted octanol–water partition coefficient (Wildman–Crippen LogP) is 1.96. The van der Waals surface area contributed by atoms with Gasteiger partial charge in [-0.2, -0.15) is 0 Å². The number of nitrogens with one attached hydrogen (secondary N) is 2. The van der Waals surface area contributed by atoms with E-state index >= 15 is 0 Å². The summed E-state index contributed by atoms with van der Waals surface area (Å²) in [5, 5.41) is 2.86. The van der Waals surface area contributed by atoms with Gasteiger partial charge >= 0.3 is 0 Å². The van der Waals surface area contributed by atoms with Crippen LogP contribution in [-0.2, 0) is 6.54 Å². The minimum absolute atomic E-state index is 0.0869. The summed E-state index contributed by atoms with van der Waals surface area (Å²) in [7, 11) is 0. The van der Waals surface area contributed by atoms with Crippen LogP contribution in [0.3, 0.4) is 0 Å². The van der Waals surface area contributed by atoms with Crippen molar-refractivity contribution in [3.05, 3.63) is 53.1 Å². The lowest BCUT2D eigenvalue weighted by Crippen LogP contribution is -2.23. The summed E-state index contributed by atoms with van der Waals surface area (Å²) in [6.45, 7) is 4.28. The van der Waals surface area contributed by atoms with Crippen LogP contribution >= 0.6 is 0 Å². The number of pyridine rings is 1. The number of aromatic amines is 1. The maximum atomic E-state index is 11.9. The van der Waals surface area contributed by atoms with E-state index in [1.165, 1.54) is 0 Å². The first-order valence-corrected chi connectivity index (χ1v) is 5.51. The standard InChI is InChI=1S/C13H15N3O/c1-9-3-4-12(10(2)16-9)13(17)15-8-11-5-6-14-7-11/h3-7,14H,8H2,1-2H3,(H,15,17). The van der Waals surface area contributed by atoms with Gasteiger partial charge in [0, 0.05) is 24.6 Å². The van der Waals surface area contributed by atoms with Gasteiger partial charge in [0.2, 0.25) is 0 Å². The monoisotopic (exact) mass is 229 g/mol. The molecule has 2 heterocycles. The Balaban J connectivity index is 2.04. The minimum Gasteiger partial charge on any atom is -0.367 e. The molecule has 4 heteroatoms. The van der Waals surface area contributed by atoms with Gasteiger partial charge in [-0.25, -0.2) is 0 Å². The molecule has 0 saturated carbocycles. The third kappa shape index (κ3) is 2.72. The highest BCUT2D eigenvalue weighted by Gasteiger charge is 2.09. The molecule has 0 atom stereocenters. The van der Waals surface area contributed by atoms with Gasteiger partial charge in [-0.1, -0.05) is 0 Å². The average molecular weight is 229 g/mol. The van der Waals surface area contributed by atoms with Crippen LogP contribution in [0.4, 0.5) is 0 Å². The van der Waals surface area contributed by atoms with Crippen molar-refractivity contribution in [2.45, 2.75) is 20.4 Å². The van der Waals surface area contributed by atoms with E-state index in [1.54, 1.807) is 0 Å². The topological polar surface area (TPSA) is 57.8 Å². The smallest absolute Gasteiger partial charge is 0.253 e. The first kappa shape index (κ1) is 11.4. The van der Waals surface area contributed by atoms with Crippen molar-refractivity contribution in [3.8, 4) is 0 Å². The molecule has 2 aromatic heterocycles. The Labute approximate surface area is 100 Å². The third-order valence-corrected chi connectivity index (χ3v) is 2.59. The summed E-state index contributed by atoms with van der Waals surface area (Å²) in [6.07, 6.45) is 3.70. The summed E-state index contributed by atoms with van der Waals surface area (Å²) in [6, 6.07) is 5.59. The van der Waals surface area contributed by atoms with Gasteiger partial charge in [-0.3, -0.25) is 9.78 Å². The van der Waals surface area contributed by atoms with Crippen molar-refractivity contribution in [2.75, 3.05) is 0 Å². The SMILES string of the molecule is Cc1ccc(C(=O)NCc2cc[nH]c2)c(C)n1. The molecule has 4 nitrogen and oxygen atoms in total. The second-order valence-corrected chi connectivity index (χ2v) is 3.99. The first-order valence-electron chi connectivity index (χ1n) is 5.51. The largest absolute Gasteiger partial charge is 0.367 e. The van der Waals surface area contributed by atoms with Gasteiger partial charge < -0.3 is 10.3 Å². The van der Waals surface area contributed by atoms with Crippen LogP contribution in [0.5, 0.6) is 0 Å². The van der Waals surface area contributed by atoms with Crippen molar-refractivity contribution in [1.82, 2.24) is 15.3 Å². The lowest BCUT2D eigenvalue weighted by Gasteiger charge is -2.06. The highest BCUT2D eigenvalue weighted by Crippen LogP contribution is 2.06. The first-order chi connectivity index (χ1) is 8.16. The third-order valence-electron chi connectivity index (χ3n) is 2.59. The minimum atomic E-state index is -0.0869. The molecule has 2 N–H and O–H groups in total. The Bertz CT molecular complexity index is 517. The number of aromatic nitrogens is 2. The fraction of sp³-hybridized carbons (Fsp3) is 0.231. The van der Waals surface area contributed by atoms with E-state index in [0.717, 1.165) is 17.0 Å². The fourth-order valence-corrected chi connectivity index (χ4v) is 1.67. The summed E-state index contributed by atoms with van der Waals surface area (Å²) < 4.78 is 0. The molecule has 0 saturated heterocycles. The molecule has 1 amide bonds. The lowest BCUT2D eigenvalue weighted by atomic mass is 10.1. The highest BCUT2D eigenvalue weighted by atomic mass is 16.1. The van der Waals surface area contributed by atoms with Crippen molar-refractivity contribution in [1.29, 1.82) is 0 Å². The van der Waals surface area contributed by atoms with Crippen LogP contribution in [0.2, 0.25) is 0 Å².